The van der Waals surface area contributed by atoms with Crippen LogP contribution in [0, 0.1) is 17.8 Å². The minimum atomic E-state index is 0.227. The molecule has 3 aliphatic rings. The summed E-state index contributed by atoms with van der Waals surface area (Å²) in [6, 6.07) is 15.2. The van der Waals surface area contributed by atoms with Crippen LogP contribution >= 0.6 is 0 Å². The van der Waals surface area contributed by atoms with Crippen LogP contribution in [-0.4, -0.2) is 34.9 Å². The molecule has 2 aromatic carbocycles. The van der Waals surface area contributed by atoms with Crippen LogP contribution < -0.4 is 0 Å². The number of benzene rings is 2. The topological polar surface area (TPSA) is 23.3 Å². The van der Waals surface area contributed by atoms with Crippen molar-refractivity contribution < 1.29 is 9.48 Å². The lowest BCUT2D eigenvalue weighted by atomic mass is 9.85. The van der Waals surface area contributed by atoms with Crippen LogP contribution in [-0.2, 0) is 4.79 Å². The van der Waals surface area contributed by atoms with Crippen molar-refractivity contribution in [3.8, 4) is 0 Å². The first kappa shape index (κ1) is 13.3. The van der Waals surface area contributed by atoms with Gasteiger partial charge in [0.1, 0.15) is 5.92 Å². The summed E-state index contributed by atoms with van der Waals surface area (Å²) in [4.78, 5) is 12.7. The van der Waals surface area contributed by atoms with Gasteiger partial charge in [-0.3, -0.25) is 4.79 Å². The number of hydrazone groups is 1. The maximum atomic E-state index is 12.7. The summed E-state index contributed by atoms with van der Waals surface area (Å²) in [7, 11) is 1.93. The highest BCUT2D eigenvalue weighted by molar-refractivity contribution is 5.98. The van der Waals surface area contributed by atoms with Gasteiger partial charge in [0.2, 0.25) is 6.21 Å². The van der Waals surface area contributed by atoms with Gasteiger partial charge in [-0.2, -0.15) is 0 Å². The molecule has 2 aromatic rings. The molecule has 1 heterocycles. The Morgan fingerprint density at radius 1 is 1.09 bits per heavy atom. The quantitative estimate of drug-likeness (QED) is 0.743. The van der Waals surface area contributed by atoms with E-state index in [4.69, 9.17) is 0 Å². The Morgan fingerprint density at radius 2 is 1.87 bits per heavy atom. The Bertz CT molecular complexity index is 835. The zero-order chi connectivity index (χ0) is 15.6. The SMILES string of the molecule is CN1C(=O)[C@H]2[C@@H]3CC[C@@H](C3)[C@H]2/[N+]1=C/c1cccc2ccccc12. The van der Waals surface area contributed by atoms with E-state index in [1.807, 2.05) is 12.1 Å². The van der Waals surface area contributed by atoms with Gasteiger partial charge in [-0.25, -0.2) is 0 Å². The first-order valence-corrected chi connectivity index (χ1v) is 8.62. The van der Waals surface area contributed by atoms with Crippen molar-refractivity contribution in [3.05, 3.63) is 48.0 Å². The van der Waals surface area contributed by atoms with Gasteiger partial charge in [-0.15, -0.1) is 9.69 Å². The monoisotopic (exact) mass is 305 g/mol. The van der Waals surface area contributed by atoms with E-state index in [0.717, 1.165) is 0 Å². The van der Waals surface area contributed by atoms with Crippen molar-refractivity contribution in [1.29, 1.82) is 0 Å². The van der Waals surface area contributed by atoms with Gasteiger partial charge in [-0.1, -0.05) is 36.4 Å². The molecule has 5 rings (SSSR count). The predicted molar refractivity (Wildman–Crippen MR) is 90.3 cm³/mol. The molecule has 2 saturated carbocycles. The summed E-state index contributed by atoms with van der Waals surface area (Å²) < 4.78 is 2.23. The van der Waals surface area contributed by atoms with Gasteiger partial charge in [-0.05, 0) is 42.0 Å². The molecule has 0 spiro atoms. The molecular formula is C20H21N2O+. The van der Waals surface area contributed by atoms with Crippen LogP contribution in [0.25, 0.3) is 10.8 Å². The largest absolute Gasteiger partial charge is 0.287 e. The first-order chi connectivity index (χ1) is 11.2. The van der Waals surface area contributed by atoms with Crippen LogP contribution in [0.5, 0.6) is 0 Å². The molecule has 0 unspecified atom stereocenters. The highest BCUT2D eigenvalue weighted by Crippen LogP contribution is 2.52. The molecule has 0 N–H and O–H groups in total. The fourth-order valence-electron chi connectivity index (χ4n) is 5.20. The summed E-state index contributed by atoms with van der Waals surface area (Å²) in [6.45, 7) is 0. The second-order valence-electron chi connectivity index (χ2n) is 7.29. The van der Waals surface area contributed by atoms with E-state index in [-0.39, 0.29) is 5.92 Å². The minimum absolute atomic E-state index is 0.227. The molecule has 1 saturated heterocycles. The Morgan fingerprint density at radius 3 is 2.78 bits per heavy atom. The van der Waals surface area contributed by atoms with Crippen molar-refractivity contribution in [3.63, 3.8) is 0 Å². The Kier molecular flexibility index (Phi) is 2.70. The van der Waals surface area contributed by atoms with Crippen molar-refractivity contribution in [2.75, 3.05) is 7.05 Å². The maximum absolute atomic E-state index is 12.7. The highest BCUT2D eigenvalue weighted by Gasteiger charge is 2.63. The van der Waals surface area contributed by atoms with Crippen LogP contribution in [0.15, 0.2) is 42.5 Å². The zero-order valence-corrected chi connectivity index (χ0v) is 13.4. The second-order valence-corrected chi connectivity index (χ2v) is 7.29. The molecule has 3 heteroatoms. The molecule has 3 nitrogen and oxygen atoms in total. The van der Waals surface area contributed by atoms with E-state index < -0.39 is 0 Å². The molecule has 0 radical (unpaired) electrons. The fourth-order valence-corrected chi connectivity index (χ4v) is 5.20. The molecule has 116 valence electrons. The van der Waals surface area contributed by atoms with Gasteiger partial charge < -0.3 is 0 Å². The Hall–Kier alpha value is -2.16. The normalized spacial score (nSPS) is 33.9. The second kappa shape index (κ2) is 4.67. The number of carbonyl (C=O) groups is 1. The van der Waals surface area contributed by atoms with E-state index in [9.17, 15) is 4.79 Å². The molecular weight excluding hydrogens is 284 g/mol. The Labute approximate surface area is 136 Å². The van der Waals surface area contributed by atoms with E-state index in [2.05, 4.69) is 53.4 Å². The van der Waals surface area contributed by atoms with E-state index in [0.29, 0.717) is 23.8 Å². The number of carbonyl (C=O) groups excluding carboxylic acids is 1. The minimum Gasteiger partial charge on any atom is -0.268 e. The average molecular weight is 305 g/mol. The first-order valence-electron chi connectivity index (χ1n) is 8.62. The van der Waals surface area contributed by atoms with Crippen molar-refractivity contribution in [2.45, 2.75) is 25.3 Å². The molecule has 3 fully saturated rings. The van der Waals surface area contributed by atoms with Crippen molar-refractivity contribution >= 4 is 22.9 Å². The van der Waals surface area contributed by atoms with Gasteiger partial charge in [0.05, 0.1) is 7.05 Å². The van der Waals surface area contributed by atoms with Gasteiger partial charge in [0.15, 0.2) is 6.04 Å². The fraction of sp³-hybridized carbons (Fsp3) is 0.400. The van der Waals surface area contributed by atoms with Gasteiger partial charge >= 0.3 is 0 Å². The third-order valence-electron chi connectivity index (χ3n) is 6.22. The summed E-state index contributed by atoms with van der Waals surface area (Å²) in [6.07, 6.45) is 5.97. The number of rotatable bonds is 1. The highest BCUT2D eigenvalue weighted by atomic mass is 16.2. The molecule has 2 bridgehead atoms. The third-order valence-corrected chi connectivity index (χ3v) is 6.22. The molecule has 1 aliphatic heterocycles. The lowest BCUT2D eigenvalue weighted by Crippen LogP contribution is -2.35. The summed E-state index contributed by atoms with van der Waals surface area (Å²) in [5, 5.41) is 4.36. The Balaban J connectivity index is 1.65. The summed E-state index contributed by atoms with van der Waals surface area (Å²) in [5.74, 6) is 1.85. The molecule has 1 amide bonds. The van der Waals surface area contributed by atoms with Crippen LogP contribution in [0.1, 0.15) is 24.8 Å². The zero-order valence-electron chi connectivity index (χ0n) is 13.4. The number of fused-ring (bicyclic) bond motifs is 6. The maximum Gasteiger partial charge on any atom is 0.287 e. The molecule has 23 heavy (non-hydrogen) atoms. The van der Waals surface area contributed by atoms with E-state index in [1.165, 1.54) is 35.6 Å². The lowest BCUT2D eigenvalue weighted by molar-refractivity contribution is -0.680. The number of hydrogen-bond donors (Lipinski definition) is 0. The van der Waals surface area contributed by atoms with Gasteiger partial charge in [0, 0.05) is 11.5 Å². The van der Waals surface area contributed by atoms with Crippen LogP contribution in [0.3, 0.4) is 0 Å². The average Bonchev–Trinajstić information content (AvgIpc) is 3.25. The summed E-state index contributed by atoms with van der Waals surface area (Å²) >= 11 is 0. The van der Waals surface area contributed by atoms with Crippen LogP contribution in [0.4, 0.5) is 0 Å². The van der Waals surface area contributed by atoms with E-state index >= 15 is 0 Å². The number of amides is 1. The van der Waals surface area contributed by atoms with E-state index in [1.54, 1.807) is 0 Å². The lowest BCUT2D eigenvalue weighted by Gasteiger charge is -2.17. The van der Waals surface area contributed by atoms with Crippen molar-refractivity contribution in [2.24, 2.45) is 17.8 Å². The smallest absolute Gasteiger partial charge is 0.268 e. The standard InChI is InChI=1S/C20H21N2O/c1-21-20(23)18-14-9-10-15(11-14)19(18)22(21)12-16-7-4-6-13-5-2-3-8-17(13)16/h2-8,12,14-15,18-19H,9-11H2,1H3/q+1/b22-12-/t14-,15+,18+,19-/m1/s1. The van der Waals surface area contributed by atoms with Crippen molar-refractivity contribution in [1.82, 2.24) is 5.01 Å². The van der Waals surface area contributed by atoms with Gasteiger partial charge in [0.25, 0.3) is 5.91 Å². The molecule has 4 atom stereocenters. The number of hydrazine groups is 1. The number of hydrogen-bond acceptors (Lipinski definition) is 1. The van der Waals surface area contributed by atoms with Crippen LogP contribution in [0.2, 0.25) is 0 Å². The molecule has 0 aromatic heterocycles. The molecule has 2 aliphatic carbocycles. The third kappa shape index (κ3) is 1.76. The predicted octanol–water partition coefficient (Wildman–Crippen LogP) is 3.07. The number of nitrogens with zero attached hydrogens (tertiary/aromatic N) is 2. The summed E-state index contributed by atoms with van der Waals surface area (Å²) in [5.41, 5.74) is 1.20.